The topological polar surface area (TPSA) is 76.3 Å². The van der Waals surface area contributed by atoms with Crippen LogP contribution in [-0.4, -0.2) is 21.9 Å². The molecule has 1 aromatic heterocycles. The van der Waals surface area contributed by atoms with Crippen LogP contribution in [0.4, 0.5) is 0 Å². The average Bonchev–Trinajstić information content (AvgIpc) is 2.69. The minimum Gasteiger partial charge on any atom is -0.267 e. The van der Waals surface area contributed by atoms with Gasteiger partial charge in [-0.05, 0) is 24.6 Å². The van der Waals surface area contributed by atoms with Crippen LogP contribution in [0.1, 0.15) is 23.0 Å². The normalized spacial score (nSPS) is 11.9. The molecule has 7 heteroatoms. The van der Waals surface area contributed by atoms with Crippen LogP contribution in [0.3, 0.4) is 0 Å². The van der Waals surface area contributed by atoms with Gasteiger partial charge in [0.2, 0.25) is 0 Å². The van der Waals surface area contributed by atoms with Crippen LogP contribution in [0.25, 0.3) is 16.8 Å². The number of allylic oxidation sites excluding steroid dienone is 1. The largest absolute Gasteiger partial charge is 0.292 e. The molecular weight excluding hydrogens is 364 g/mol. The van der Waals surface area contributed by atoms with Crippen molar-refractivity contribution in [3.8, 4) is 0 Å². The highest BCUT2D eigenvalue weighted by Gasteiger charge is 2.15. The fourth-order valence-corrected chi connectivity index (χ4v) is 2.74. The molecule has 0 saturated heterocycles. The number of aromatic nitrogens is 2. The fraction of sp³-hybridized carbons (Fsp3) is 0.100. The molecular formula is C20H17ClN4O2. The van der Waals surface area contributed by atoms with Crippen LogP contribution in [0.2, 0.25) is 0 Å². The van der Waals surface area contributed by atoms with E-state index in [0.29, 0.717) is 22.3 Å². The summed E-state index contributed by atoms with van der Waals surface area (Å²) in [4.78, 5) is 24.8. The second-order valence-corrected chi connectivity index (χ2v) is 6.09. The van der Waals surface area contributed by atoms with Gasteiger partial charge < -0.3 is 0 Å². The number of aryl methyl sites for hydroxylation is 1. The number of nitrogens with zero attached hydrogens (tertiary/aromatic N) is 3. The molecule has 0 atom stereocenters. The molecule has 0 aliphatic heterocycles. The van der Waals surface area contributed by atoms with E-state index >= 15 is 0 Å². The van der Waals surface area contributed by atoms with Gasteiger partial charge in [0.25, 0.3) is 11.5 Å². The molecule has 0 fully saturated rings. The number of hydrogen-bond acceptors (Lipinski definition) is 4. The predicted molar refractivity (Wildman–Crippen MR) is 108 cm³/mol. The molecule has 0 aliphatic rings. The Labute approximate surface area is 160 Å². The Balaban J connectivity index is 1.83. The molecule has 0 radical (unpaired) electrons. The average molecular weight is 381 g/mol. The molecule has 3 aromatic rings. The van der Waals surface area contributed by atoms with Gasteiger partial charge in [-0.25, -0.2) is 10.1 Å². The molecule has 136 valence electrons. The molecule has 1 N–H and O–H groups in total. The highest BCUT2D eigenvalue weighted by Crippen LogP contribution is 2.13. The lowest BCUT2D eigenvalue weighted by Crippen LogP contribution is -2.28. The van der Waals surface area contributed by atoms with E-state index in [1.165, 1.54) is 10.9 Å². The van der Waals surface area contributed by atoms with Crippen molar-refractivity contribution in [2.24, 2.45) is 5.10 Å². The maximum absolute atomic E-state index is 12.5. The second-order valence-electron chi connectivity index (χ2n) is 5.65. The third-order valence-electron chi connectivity index (χ3n) is 3.84. The Bertz CT molecular complexity index is 1090. The summed E-state index contributed by atoms with van der Waals surface area (Å²) in [7, 11) is 0. The molecule has 2 aromatic carbocycles. The van der Waals surface area contributed by atoms with Gasteiger partial charge in [-0.1, -0.05) is 60.1 Å². The van der Waals surface area contributed by atoms with E-state index in [4.69, 9.17) is 11.6 Å². The number of hydrogen-bond donors (Lipinski definition) is 1. The fourth-order valence-electron chi connectivity index (χ4n) is 2.57. The number of amides is 1. The summed E-state index contributed by atoms with van der Waals surface area (Å²) in [5.74, 6) is -0.520. The molecule has 0 spiro atoms. The molecule has 27 heavy (non-hydrogen) atoms. The molecule has 1 heterocycles. The van der Waals surface area contributed by atoms with E-state index in [-0.39, 0.29) is 11.3 Å². The molecule has 0 aliphatic carbocycles. The van der Waals surface area contributed by atoms with E-state index in [9.17, 15) is 9.59 Å². The summed E-state index contributed by atoms with van der Waals surface area (Å²) in [5, 5.41) is 9.30. The number of benzene rings is 2. The Morgan fingerprint density at radius 1 is 1.15 bits per heavy atom. The zero-order valence-electron chi connectivity index (χ0n) is 14.6. The van der Waals surface area contributed by atoms with Crippen LogP contribution < -0.4 is 11.0 Å². The van der Waals surface area contributed by atoms with Crippen LogP contribution in [0.5, 0.6) is 0 Å². The van der Waals surface area contributed by atoms with E-state index in [2.05, 4.69) is 15.6 Å². The smallest absolute Gasteiger partial charge is 0.267 e. The number of fused-ring (bicyclic) bond motifs is 1. The second kappa shape index (κ2) is 8.42. The number of nitrogens with one attached hydrogen (secondary N) is 1. The number of carbonyl (C=O) groups excluding carboxylic acids is 1. The van der Waals surface area contributed by atoms with Crippen molar-refractivity contribution in [3.05, 3.63) is 81.2 Å². The van der Waals surface area contributed by atoms with Crippen molar-refractivity contribution >= 4 is 40.6 Å². The SMILES string of the molecule is CCn1nc(C(=O)N/N=C\C(Cl)=C\c2ccccc2)c2ccccc2c1=O. The van der Waals surface area contributed by atoms with Gasteiger partial charge in [-0.2, -0.15) is 10.2 Å². The Hall–Kier alpha value is -3.25. The molecule has 6 nitrogen and oxygen atoms in total. The first-order chi connectivity index (χ1) is 13.1. The minimum atomic E-state index is -0.520. The van der Waals surface area contributed by atoms with Gasteiger partial charge in [0.15, 0.2) is 5.69 Å². The Kier molecular flexibility index (Phi) is 5.78. The standard InChI is InChI=1S/C20H17ClN4O2/c1-2-25-20(27)17-11-7-6-10-16(17)18(24-25)19(26)23-22-13-15(21)12-14-8-4-3-5-9-14/h3-13H,2H2,1H3,(H,23,26)/b15-12-,22-13-. The Morgan fingerprint density at radius 3 is 2.52 bits per heavy atom. The van der Waals surface area contributed by atoms with Crippen molar-refractivity contribution in [2.75, 3.05) is 0 Å². The number of hydrazone groups is 1. The van der Waals surface area contributed by atoms with Crippen LogP contribution >= 0.6 is 11.6 Å². The number of halogens is 1. The molecule has 0 unspecified atom stereocenters. The monoisotopic (exact) mass is 380 g/mol. The minimum absolute atomic E-state index is 0.132. The van der Waals surface area contributed by atoms with Crippen LogP contribution in [0.15, 0.2) is 69.5 Å². The molecule has 0 bridgehead atoms. The summed E-state index contributed by atoms with van der Waals surface area (Å²) in [5.41, 5.74) is 3.22. The van der Waals surface area contributed by atoms with Gasteiger partial charge >= 0.3 is 0 Å². The van der Waals surface area contributed by atoms with E-state index in [0.717, 1.165) is 5.56 Å². The summed E-state index contributed by atoms with van der Waals surface area (Å²) in [6, 6.07) is 16.4. The number of rotatable bonds is 5. The summed E-state index contributed by atoms with van der Waals surface area (Å²) < 4.78 is 1.25. The molecule has 3 rings (SSSR count). The van der Waals surface area contributed by atoms with Gasteiger partial charge in [0, 0.05) is 11.9 Å². The summed E-state index contributed by atoms with van der Waals surface area (Å²) in [6.45, 7) is 2.15. The van der Waals surface area contributed by atoms with Crippen molar-refractivity contribution < 1.29 is 4.79 Å². The zero-order valence-corrected chi connectivity index (χ0v) is 15.3. The quantitative estimate of drug-likeness (QED) is 0.544. The lowest BCUT2D eigenvalue weighted by Gasteiger charge is -2.08. The van der Waals surface area contributed by atoms with Gasteiger partial charge in [0.05, 0.1) is 16.6 Å². The first kappa shape index (κ1) is 18.5. The summed E-state index contributed by atoms with van der Waals surface area (Å²) in [6.07, 6.45) is 3.06. The Morgan fingerprint density at radius 2 is 1.81 bits per heavy atom. The van der Waals surface area contributed by atoms with E-state index < -0.39 is 5.91 Å². The van der Waals surface area contributed by atoms with E-state index in [1.807, 2.05) is 30.3 Å². The van der Waals surface area contributed by atoms with Crippen molar-refractivity contribution in [1.82, 2.24) is 15.2 Å². The molecule has 1 amide bonds. The van der Waals surface area contributed by atoms with Gasteiger partial charge in [-0.3, -0.25) is 9.59 Å². The van der Waals surface area contributed by atoms with Crippen molar-refractivity contribution in [2.45, 2.75) is 13.5 Å². The predicted octanol–water partition coefficient (Wildman–Crippen LogP) is 3.41. The highest BCUT2D eigenvalue weighted by molar-refractivity contribution is 6.41. The number of carbonyl (C=O) groups is 1. The first-order valence-corrected chi connectivity index (χ1v) is 8.73. The van der Waals surface area contributed by atoms with Crippen molar-refractivity contribution in [3.63, 3.8) is 0 Å². The van der Waals surface area contributed by atoms with Gasteiger partial charge in [-0.15, -0.1) is 0 Å². The van der Waals surface area contributed by atoms with Crippen LogP contribution in [-0.2, 0) is 6.54 Å². The maximum Gasteiger partial charge on any atom is 0.292 e. The lowest BCUT2D eigenvalue weighted by molar-refractivity contribution is 0.0949. The zero-order chi connectivity index (χ0) is 19.2. The van der Waals surface area contributed by atoms with Crippen LogP contribution in [0, 0.1) is 0 Å². The highest BCUT2D eigenvalue weighted by atomic mass is 35.5. The first-order valence-electron chi connectivity index (χ1n) is 8.35. The lowest BCUT2D eigenvalue weighted by atomic mass is 10.1. The third kappa shape index (κ3) is 4.30. The van der Waals surface area contributed by atoms with E-state index in [1.54, 1.807) is 37.3 Å². The van der Waals surface area contributed by atoms with Gasteiger partial charge in [0.1, 0.15) is 0 Å². The maximum atomic E-state index is 12.5. The third-order valence-corrected chi connectivity index (χ3v) is 4.05. The summed E-state index contributed by atoms with van der Waals surface area (Å²) >= 11 is 6.11. The molecule has 0 saturated carbocycles. The van der Waals surface area contributed by atoms with Crippen molar-refractivity contribution in [1.29, 1.82) is 0 Å².